The van der Waals surface area contributed by atoms with Crippen LogP contribution in [0.25, 0.3) is 10.9 Å². The number of aromatic amines is 1. The van der Waals surface area contributed by atoms with Crippen LogP contribution in [0.1, 0.15) is 17.0 Å². The second-order valence-electron chi connectivity index (χ2n) is 7.36. The lowest BCUT2D eigenvalue weighted by molar-refractivity contribution is -0.123. The fourth-order valence-electron chi connectivity index (χ4n) is 3.77. The van der Waals surface area contributed by atoms with Gasteiger partial charge >= 0.3 is 0 Å². The average molecular weight is 431 g/mol. The van der Waals surface area contributed by atoms with E-state index in [0.717, 1.165) is 27.8 Å². The summed E-state index contributed by atoms with van der Waals surface area (Å²) in [6.45, 7) is 0.339. The van der Waals surface area contributed by atoms with Gasteiger partial charge in [0.05, 0.1) is 14.2 Å². The highest BCUT2D eigenvalue weighted by atomic mass is 16.5. The van der Waals surface area contributed by atoms with Crippen molar-refractivity contribution in [3.8, 4) is 17.2 Å². The number of nitrogens with one attached hydrogen (secondary N) is 2. The van der Waals surface area contributed by atoms with Gasteiger partial charge in [-0.1, -0.05) is 42.5 Å². The lowest BCUT2D eigenvalue weighted by atomic mass is 9.91. The minimum atomic E-state index is -0.200. The Bertz CT molecular complexity index is 1180. The number of methoxy groups -OCH3 is 2. The molecule has 164 valence electrons. The molecular formula is C26H26N2O4. The zero-order chi connectivity index (χ0) is 22.3. The lowest BCUT2D eigenvalue weighted by Gasteiger charge is -2.19. The van der Waals surface area contributed by atoms with Gasteiger partial charge in [0, 0.05) is 29.6 Å². The Morgan fingerprint density at radius 3 is 2.38 bits per heavy atom. The lowest BCUT2D eigenvalue weighted by Crippen LogP contribution is -2.32. The average Bonchev–Trinajstić information content (AvgIpc) is 3.27. The van der Waals surface area contributed by atoms with Gasteiger partial charge in [-0.05, 0) is 41.5 Å². The van der Waals surface area contributed by atoms with E-state index in [1.807, 2.05) is 60.8 Å². The van der Waals surface area contributed by atoms with Gasteiger partial charge in [0.1, 0.15) is 5.75 Å². The third-order valence-electron chi connectivity index (χ3n) is 5.45. The number of para-hydroxylation sites is 3. The Balaban J connectivity index is 1.51. The van der Waals surface area contributed by atoms with Crippen LogP contribution < -0.4 is 19.5 Å². The van der Waals surface area contributed by atoms with Crippen molar-refractivity contribution in [2.24, 2.45) is 0 Å². The number of rotatable bonds is 9. The molecule has 1 amide bonds. The summed E-state index contributed by atoms with van der Waals surface area (Å²) in [5.41, 5.74) is 3.27. The highest BCUT2D eigenvalue weighted by Crippen LogP contribution is 2.31. The fraction of sp³-hybridized carbons (Fsp3) is 0.192. The SMILES string of the molecule is COc1ccc(C(CNC(=O)COc2ccccc2OC)c2c[nH]c3ccccc23)cc1. The molecule has 1 atom stereocenters. The molecule has 1 heterocycles. The smallest absolute Gasteiger partial charge is 0.257 e. The number of hydrogen-bond donors (Lipinski definition) is 2. The van der Waals surface area contributed by atoms with Crippen LogP contribution in [0.2, 0.25) is 0 Å². The number of carbonyl (C=O) groups is 1. The van der Waals surface area contributed by atoms with Gasteiger partial charge in [-0.15, -0.1) is 0 Å². The van der Waals surface area contributed by atoms with Gasteiger partial charge in [0.2, 0.25) is 0 Å². The molecule has 2 N–H and O–H groups in total. The third kappa shape index (κ3) is 4.70. The number of benzene rings is 3. The van der Waals surface area contributed by atoms with Crippen LogP contribution in [0.15, 0.2) is 79.0 Å². The van der Waals surface area contributed by atoms with Crippen molar-refractivity contribution in [2.75, 3.05) is 27.4 Å². The Labute approximate surface area is 187 Å². The maximum atomic E-state index is 12.6. The van der Waals surface area contributed by atoms with E-state index in [9.17, 15) is 4.79 Å². The summed E-state index contributed by atoms with van der Waals surface area (Å²) < 4.78 is 16.2. The van der Waals surface area contributed by atoms with Crippen molar-refractivity contribution in [3.63, 3.8) is 0 Å². The monoisotopic (exact) mass is 430 g/mol. The van der Waals surface area contributed by atoms with Gasteiger partial charge in [0.25, 0.3) is 5.91 Å². The summed E-state index contributed by atoms with van der Waals surface area (Å²) in [4.78, 5) is 15.9. The molecule has 0 aliphatic carbocycles. The van der Waals surface area contributed by atoms with E-state index in [4.69, 9.17) is 14.2 Å². The van der Waals surface area contributed by atoms with E-state index >= 15 is 0 Å². The van der Waals surface area contributed by atoms with Crippen LogP contribution in [-0.2, 0) is 4.79 Å². The summed E-state index contributed by atoms with van der Waals surface area (Å²) in [5, 5.41) is 4.15. The van der Waals surface area contributed by atoms with Crippen molar-refractivity contribution < 1.29 is 19.0 Å². The standard InChI is InChI=1S/C26H26N2O4/c1-30-19-13-11-18(12-14-19)21(22-16-27-23-8-4-3-7-20(22)23)15-28-26(29)17-32-25-10-6-5-9-24(25)31-2/h3-14,16,21,27H,15,17H2,1-2H3,(H,28,29). The van der Waals surface area contributed by atoms with Crippen LogP contribution in [-0.4, -0.2) is 38.3 Å². The van der Waals surface area contributed by atoms with Gasteiger partial charge in [-0.3, -0.25) is 4.79 Å². The van der Waals surface area contributed by atoms with Gasteiger partial charge < -0.3 is 24.5 Å². The van der Waals surface area contributed by atoms with Crippen molar-refractivity contribution in [2.45, 2.75) is 5.92 Å². The van der Waals surface area contributed by atoms with Crippen molar-refractivity contribution in [1.82, 2.24) is 10.3 Å². The van der Waals surface area contributed by atoms with Crippen molar-refractivity contribution in [1.29, 1.82) is 0 Å². The Morgan fingerprint density at radius 2 is 1.62 bits per heavy atom. The number of ether oxygens (including phenoxy) is 3. The molecule has 6 heteroatoms. The molecular weight excluding hydrogens is 404 g/mol. The molecule has 0 saturated carbocycles. The van der Waals surface area contributed by atoms with E-state index < -0.39 is 0 Å². The Hall–Kier alpha value is -3.93. The van der Waals surface area contributed by atoms with Crippen LogP contribution in [0.5, 0.6) is 17.2 Å². The van der Waals surface area contributed by atoms with Crippen molar-refractivity contribution in [3.05, 3.63) is 90.1 Å². The molecule has 6 nitrogen and oxygen atoms in total. The van der Waals surface area contributed by atoms with E-state index in [0.29, 0.717) is 18.0 Å². The number of carbonyl (C=O) groups excluding carboxylic acids is 1. The molecule has 0 fully saturated rings. The largest absolute Gasteiger partial charge is 0.497 e. The molecule has 0 aliphatic heterocycles. The minimum Gasteiger partial charge on any atom is -0.497 e. The fourth-order valence-corrected chi connectivity index (χ4v) is 3.77. The van der Waals surface area contributed by atoms with Gasteiger partial charge in [-0.2, -0.15) is 0 Å². The highest BCUT2D eigenvalue weighted by Gasteiger charge is 2.19. The van der Waals surface area contributed by atoms with Gasteiger partial charge in [-0.25, -0.2) is 0 Å². The van der Waals surface area contributed by atoms with Crippen molar-refractivity contribution >= 4 is 16.8 Å². The van der Waals surface area contributed by atoms with E-state index in [1.54, 1.807) is 26.4 Å². The third-order valence-corrected chi connectivity index (χ3v) is 5.45. The molecule has 0 saturated heterocycles. The molecule has 0 bridgehead atoms. The minimum absolute atomic E-state index is 0.0349. The Morgan fingerprint density at radius 1 is 0.906 bits per heavy atom. The molecule has 0 spiro atoms. The molecule has 0 radical (unpaired) electrons. The number of hydrogen-bond acceptors (Lipinski definition) is 4. The second-order valence-corrected chi connectivity index (χ2v) is 7.36. The second kappa shape index (κ2) is 9.92. The maximum Gasteiger partial charge on any atom is 0.257 e. The molecule has 4 aromatic rings. The topological polar surface area (TPSA) is 72.6 Å². The maximum absolute atomic E-state index is 12.6. The summed E-state index contributed by atoms with van der Waals surface area (Å²) in [6.07, 6.45) is 2.01. The summed E-state index contributed by atoms with van der Waals surface area (Å²) in [7, 11) is 3.22. The summed E-state index contributed by atoms with van der Waals surface area (Å²) in [5.74, 6) is 1.69. The van der Waals surface area contributed by atoms with E-state index in [1.165, 1.54) is 0 Å². The first-order valence-corrected chi connectivity index (χ1v) is 10.4. The zero-order valence-corrected chi connectivity index (χ0v) is 18.1. The van der Waals surface area contributed by atoms with Crippen LogP contribution in [0.4, 0.5) is 0 Å². The summed E-state index contributed by atoms with van der Waals surface area (Å²) in [6, 6.07) is 23.3. The first kappa shape index (κ1) is 21.3. The highest BCUT2D eigenvalue weighted by molar-refractivity contribution is 5.84. The zero-order valence-electron chi connectivity index (χ0n) is 18.1. The number of H-pyrrole nitrogens is 1. The number of amides is 1. The normalized spacial score (nSPS) is 11.7. The predicted molar refractivity (Wildman–Crippen MR) is 125 cm³/mol. The molecule has 1 unspecified atom stereocenters. The number of fused-ring (bicyclic) bond motifs is 1. The van der Waals surface area contributed by atoms with Crippen LogP contribution in [0.3, 0.4) is 0 Å². The molecule has 32 heavy (non-hydrogen) atoms. The molecule has 1 aromatic heterocycles. The first-order valence-electron chi connectivity index (χ1n) is 10.4. The van der Waals surface area contributed by atoms with Crippen LogP contribution >= 0.6 is 0 Å². The first-order chi connectivity index (χ1) is 15.7. The summed E-state index contributed by atoms with van der Waals surface area (Å²) >= 11 is 0. The molecule has 3 aromatic carbocycles. The molecule has 0 aliphatic rings. The van der Waals surface area contributed by atoms with Gasteiger partial charge in [0.15, 0.2) is 18.1 Å². The van der Waals surface area contributed by atoms with Crippen LogP contribution in [0, 0.1) is 0 Å². The van der Waals surface area contributed by atoms with E-state index in [-0.39, 0.29) is 18.4 Å². The number of aromatic nitrogens is 1. The van der Waals surface area contributed by atoms with E-state index in [2.05, 4.69) is 16.4 Å². The molecule has 4 rings (SSSR count). The Kier molecular flexibility index (Phi) is 6.60. The quantitative estimate of drug-likeness (QED) is 0.410. The predicted octanol–water partition coefficient (Wildman–Crippen LogP) is 4.51.